The number of carbonyl (C=O) groups is 1. The van der Waals surface area contributed by atoms with E-state index >= 15 is 0 Å². The third-order valence-electron chi connectivity index (χ3n) is 4.35. The van der Waals surface area contributed by atoms with Crippen LogP contribution >= 0.6 is 35.0 Å². The molecule has 0 aliphatic heterocycles. The van der Waals surface area contributed by atoms with Crippen molar-refractivity contribution in [3.05, 3.63) is 76.0 Å². The Morgan fingerprint density at radius 3 is 2.65 bits per heavy atom. The maximum Gasteiger partial charge on any atom is 0.234 e. The van der Waals surface area contributed by atoms with Crippen LogP contribution in [0, 0.1) is 13.8 Å². The Bertz CT molecular complexity index is 1080. The lowest BCUT2D eigenvalue weighted by atomic mass is 10.1. The van der Waals surface area contributed by atoms with Crippen LogP contribution in [-0.2, 0) is 17.9 Å². The highest BCUT2D eigenvalue weighted by molar-refractivity contribution is 7.99. The number of amides is 1. The van der Waals surface area contributed by atoms with Crippen LogP contribution in [0.5, 0.6) is 5.75 Å². The average Bonchev–Trinajstić information content (AvgIpc) is 3.10. The minimum absolute atomic E-state index is 0.120. The number of hydrogen-bond acceptors (Lipinski definition) is 5. The fraction of sp³-hybridized carbons (Fsp3) is 0.227. The Kier molecular flexibility index (Phi) is 8.01. The van der Waals surface area contributed by atoms with Gasteiger partial charge in [-0.25, -0.2) is 0 Å². The van der Waals surface area contributed by atoms with Crippen LogP contribution in [0.4, 0.5) is 5.69 Å². The summed E-state index contributed by atoms with van der Waals surface area (Å²) in [6.45, 7) is 8.59. The van der Waals surface area contributed by atoms with E-state index in [0.717, 1.165) is 11.3 Å². The van der Waals surface area contributed by atoms with E-state index in [1.807, 2.05) is 30.5 Å². The molecular weight excluding hydrogens is 455 g/mol. The molecule has 0 saturated heterocycles. The SMILES string of the molecule is C=CCn1c(COc2ccc(C)cc2C)nnc1SCC(=O)Nc1c(Cl)cccc1Cl. The minimum Gasteiger partial charge on any atom is -0.485 e. The number of allylic oxidation sites excluding steroid dienone is 1. The zero-order chi connectivity index (χ0) is 22.4. The molecule has 3 aromatic rings. The van der Waals surface area contributed by atoms with Crippen molar-refractivity contribution in [3.63, 3.8) is 0 Å². The molecule has 0 radical (unpaired) electrons. The van der Waals surface area contributed by atoms with Gasteiger partial charge in [0.2, 0.25) is 5.91 Å². The third kappa shape index (κ3) is 6.03. The Labute approximate surface area is 195 Å². The molecule has 6 nitrogen and oxygen atoms in total. The second-order valence-electron chi connectivity index (χ2n) is 6.79. The van der Waals surface area contributed by atoms with Crippen LogP contribution in [0.1, 0.15) is 17.0 Å². The van der Waals surface area contributed by atoms with Gasteiger partial charge in [-0.05, 0) is 37.6 Å². The van der Waals surface area contributed by atoms with Gasteiger partial charge in [0.1, 0.15) is 12.4 Å². The van der Waals surface area contributed by atoms with Gasteiger partial charge in [0.15, 0.2) is 11.0 Å². The van der Waals surface area contributed by atoms with E-state index in [0.29, 0.717) is 33.3 Å². The minimum atomic E-state index is -0.249. The summed E-state index contributed by atoms with van der Waals surface area (Å²) in [6.07, 6.45) is 1.75. The number of hydrogen-bond donors (Lipinski definition) is 1. The molecule has 31 heavy (non-hydrogen) atoms. The Hall–Kier alpha value is -2.48. The molecule has 0 atom stereocenters. The Balaban J connectivity index is 1.65. The molecule has 0 fully saturated rings. The number of benzene rings is 2. The summed E-state index contributed by atoms with van der Waals surface area (Å²) in [5.41, 5.74) is 2.63. The van der Waals surface area contributed by atoms with Crippen molar-refractivity contribution in [1.82, 2.24) is 14.8 Å². The largest absolute Gasteiger partial charge is 0.485 e. The van der Waals surface area contributed by atoms with Crippen molar-refractivity contribution in [1.29, 1.82) is 0 Å². The first-order valence-corrected chi connectivity index (χ1v) is 11.2. The highest BCUT2D eigenvalue weighted by Crippen LogP contribution is 2.30. The van der Waals surface area contributed by atoms with Crippen LogP contribution in [0.15, 0.2) is 54.2 Å². The van der Waals surface area contributed by atoms with Gasteiger partial charge in [-0.3, -0.25) is 9.36 Å². The average molecular weight is 477 g/mol. The molecule has 0 spiro atoms. The highest BCUT2D eigenvalue weighted by Gasteiger charge is 2.16. The van der Waals surface area contributed by atoms with E-state index in [2.05, 4.69) is 28.2 Å². The van der Waals surface area contributed by atoms with Crippen molar-refractivity contribution < 1.29 is 9.53 Å². The summed E-state index contributed by atoms with van der Waals surface area (Å²) >= 11 is 13.5. The van der Waals surface area contributed by atoms with E-state index in [-0.39, 0.29) is 18.3 Å². The third-order valence-corrected chi connectivity index (χ3v) is 5.95. The topological polar surface area (TPSA) is 69.0 Å². The van der Waals surface area contributed by atoms with E-state index in [1.165, 1.54) is 17.3 Å². The van der Waals surface area contributed by atoms with Gasteiger partial charge in [0.25, 0.3) is 0 Å². The Morgan fingerprint density at radius 1 is 1.23 bits per heavy atom. The first-order chi connectivity index (χ1) is 14.9. The molecule has 162 valence electrons. The standard InChI is InChI=1S/C22H22Cl2N4O2S/c1-4-10-28-19(12-30-18-9-8-14(2)11-15(18)3)26-27-22(28)31-13-20(29)25-21-16(23)6-5-7-17(21)24/h4-9,11H,1,10,12-13H2,2-3H3,(H,25,29). The van der Waals surface area contributed by atoms with Gasteiger partial charge in [-0.2, -0.15) is 0 Å². The second-order valence-corrected chi connectivity index (χ2v) is 8.55. The summed E-state index contributed by atoms with van der Waals surface area (Å²) in [5, 5.41) is 12.5. The van der Waals surface area contributed by atoms with Crippen LogP contribution in [0.3, 0.4) is 0 Å². The monoisotopic (exact) mass is 476 g/mol. The molecule has 0 bridgehead atoms. The van der Waals surface area contributed by atoms with Crippen molar-refractivity contribution in [2.45, 2.75) is 32.2 Å². The zero-order valence-corrected chi connectivity index (χ0v) is 19.5. The Morgan fingerprint density at radius 2 is 1.97 bits per heavy atom. The quantitative estimate of drug-likeness (QED) is 0.316. The molecule has 1 N–H and O–H groups in total. The number of nitrogens with zero attached hydrogens (tertiary/aromatic N) is 3. The molecular formula is C22H22Cl2N4O2S. The van der Waals surface area contributed by atoms with Crippen LogP contribution in [0.25, 0.3) is 0 Å². The number of anilines is 1. The first kappa shape index (κ1) is 23.2. The summed E-state index contributed by atoms with van der Waals surface area (Å²) in [6, 6.07) is 11.1. The molecule has 1 amide bonds. The van der Waals surface area contributed by atoms with Crippen LogP contribution in [-0.4, -0.2) is 26.4 Å². The number of aryl methyl sites for hydroxylation is 2. The molecule has 1 heterocycles. The van der Waals surface area contributed by atoms with Gasteiger partial charge in [0, 0.05) is 6.54 Å². The molecule has 0 aliphatic rings. The molecule has 0 unspecified atom stereocenters. The van der Waals surface area contributed by atoms with Gasteiger partial charge in [-0.1, -0.05) is 64.8 Å². The molecule has 1 aromatic heterocycles. The van der Waals surface area contributed by atoms with Crippen molar-refractivity contribution >= 4 is 46.6 Å². The number of rotatable bonds is 9. The zero-order valence-electron chi connectivity index (χ0n) is 17.2. The fourth-order valence-corrected chi connectivity index (χ4v) is 4.13. The smallest absolute Gasteiger partial charge is 0.234 e. The summed E-state index contributed by atoms with van der Waals surface area (Å²) < 4.78 is 7.81. The molecule has 0 saturated carbocycles. The predicted octanol–water partition coefficient (Wildman–Crippen LogP) is 5.70. The number of thioether (sulfide) groups is 1. The summed E-state index contributed by atoms with van der Waals surface area (Å²) in [4.78, 5) is 12.4. The number of halogens is 2. The van der Waals surface area contributed by atoms with E-state index < -0.39 is 0 Å². The lowest BCUT2D eigenvalue weighted by Crippen LogP contribution is -2.15. The molecule has 3 rings (SSSR count). The van der Waals surface area contributed by atoms with Crippen molar-refractivity contribution in [2.24, 2.45) is 0 Å². The van der Waals surface area contributed by atoms with Gasteiger partial charge < -0.3 is 10.1 Å². The predicted molar refractivity (Wildman–Crippen MR) is 126 cm³/mol. The highest BCUT2D eigenvalue weighted by atomic mass is 35.5. The van der Waals surface area contributed by atoms with Crippen molar-refractivity contribution in [2.75, 3.05) is 11.1 Å². The number of nitrogens with one attached hydrogen (secondary N) is 1. The first-order valence-electron chi connectivity index (χ1n) is 9.48. The van der Waals surface area contributed by atoms with E-state index in [1.54, 1.807) is 24.3 Å². The maximum atomic E-state index is 12.4. The molecule has 0 aliphatic carbocycles. The number of aromatic nitrogens is 3. The van der Waals surface area contributed by atoms with E-state index in [9.17, 15) is 4.79 Å². The second kappa shape index (κ2) is 10.7. The van der Waals surface area contributed by atoms with Gasteiger partial charge in [0.05, 0.1) is 21.5 Å². The normalized spacial score (nSPS) is 10.7. The number of ether oxygens (including phenoxy) is 1. The maximum absolute atomic E-state index is 12.4. The summed E-state index contributed by atoms with van der Waals surface area (Å²) in [5.74, 6) is 1.32. The fourth-order valence-electron chi connectivity index (χ4n) is 2.87. The summed E-state index contributed by atoms with van der Waals surface area (Å²) in [7, 11) is 0. The lowest BCUT2D eigenvalue weighted by molar-refractivity contribution is -0.113. The molecule has 9 heteroatoms. The lowest BCUT2D eigenvalue weighted by Gasteiger charge is -2.11. The van der Waals surface area contributed by atoms with Gasteiger partial charge in [-0.15, -0.1) is 16.8 Å². The van der Waals surface area contributed by atoms with E-state index in [4.69, 9.17) is 27.9 Å². The number of para-hydroxylation sites is 1. The van der Waals surface area contributed by atoms with Crippen LogP contribution in [0.2, 0.25) is 10.0 Å². The molecule has 2 aromatic carbocycles. The van der Waals surface area contributed by atoms with Crippen molar-refractivity contribution in [3.8, 4) is 5.75 Å². The van der Waals surface area contributed by atoms with Gasteiger partial charge >= 0.3 is 0 Å². The van der Waals surface area contributed by atoms with Crippen LogP contribution < -0.4 is 10.1 Å². The number of carbonyl (C=O) groups excluding carboxylic acids is 1.